The van der Waals surface area contributed by atoms with Crippen LogP contribution >= 0.6 is 35.7 Å². The Labute approximate surface area is 205 Å². The zero-order chi connectivity index (χ0) is 20.8. The summed E-state index contributed by atoms with van der Waals surface area (Å²) in [4.78, 5) is 17.0. The maximum Gasteiger partial charge on any atom is 0.193 e. The minimum atomic E-state index is 0. The number of halogens is 1. The maximum absolute atomic E-state index is 4.58. The minimum Gasteiger partial charge on any atom is -0.352 e. The van der Waals surface area contributed by atoms with Crippen LogP contribution in [-0.4, -0.2) is 51.3 Å². The van der Waals surface area contributed by atoms with Crippen LogP contribution in [0.25, 0.3) is 5.82 Å². The van der Waals surface area contributed by atoms with Crippen molar-refractivity contribution in [2.75, 3.05) is 25.9 Å². The van der Waals surface area contributed by atoms with Crippen LogP contribution in [0.4, 0.5) is 0 Å². The molecule has 4 rings (SSSR count). The fraction of sp³-hybridized carbons (Fsp3) is 0.348. The Hall–Kier alpha value is -2.07. The third-order valence-corrected chi connectivity index (χ3v) is 6.60. The summed E-state index contributed by atoms with van der Waals surface area (Å²) in [5, 5.41) is 3.50. The topological polar surface area (TPSA) is 58.3 Å². The number of hydrogen-bond donors (Lipinski definition) is 1. The van der Waals surface area contributed by atoms with E-state index in [1.54, 1.807) is 6.20 Å². The largest absolute Gasteiger partial charge is 0.352 e. The number of aryl methyl sites for hydroxylation is 1. The average Bonchev–Trinajstić information content (AvgIpc) is 3.43. The standard InChI is InChI=1S/C23H28N6S.HI/c1-18-25-11-13-29(18)22-9-8-19(14-26-22)15-27-23(24-2)28-12-10-20(16-28)17-30-21-6-4-3-5-7-21;/h3-9,11,13-14,20H,10,12,15-17H2,1-2H3,(H,24,27);1H. The van der Waals surface area contributed by atoms with Gasteiger partial charge in [0.1, 0.15) is 11.6 Å². The molecule has 8 heteroatoms. The van der Waals surface area contributed by atoms with E-state index < -0.39 is 0 Å². The van der Waals surface area contributed by atoms with Crippen molar-refractivity contribution in [3.8, 4) is 5.82 Å². The quantitative estimate of drug-likeness (QED) is 0.215. The van der Waals surface area contributed by atoms with Crippen molar-refractivity contribution >= 4 is 41.7 Å². The molecule has 1 aromatic carbocycles. The van der Waals surface area contributed by atoms with Gasteiger partial charge >= 0.3 is 0 Å². The van der Waals surface area contributed by atoms with Gasteiger partial charge in [0.25, 0.3) is 0 Å². The Balaban J connectivity index is 0.00000272. The number of aromatic nitrogens is 3. The molecule has 0 spiro atoms. The molecule has 1 fully saturated rings. The molecule has 1 N–H and O–H groups in total. The van der Waals surface area contributed by atoms with Crippen molar-refractivity contribution in [1.82, 2.24) is 24.8 Å². The number of nitrogens with one attached hydrogen (secondary N) is 1. The number of nitrogens with zero attached hydrogens (tertiary/aromatic N) is 5. The molecule has 3 aromatic rings. The molecule has 0 bridgehead atoms. The van der Waals surface area contributed by atoms with Gasteiger partial charge in [-0.15, -0.1) is 35.7 Å². The summed E-state index contributed by atoms with van der Waals surface area (Å²) in [6.07, 6.45) is 6.84. The van der Waals surface area contributed by atoms with Crippen molar-refractivity contribution in [2.45, 2.75) is 24.8 Å². The van der Waals surface area contributed by atoms with Gasteiger partial charge in [-0.3, -0.25) is 9.56 Å². The summed E-state index contributed by atoms with van der Waals surface area (Å²) in [7, 11) is 1.86. The molecular weight excluding hydrogens is 519 g/mol. The van der Waals surface area contributed by atoms with E-state index >= 15 is 0 Å². The molecule has 3 heterocycles. The van der Waals surface area contributed by atoms with Gasteiger partial charge in [0.2, 0.25) is 0 Å². The number of imidazole rings is 1. The lowest BCUT2D eigenvalue weighted by atomic mass is 10.2. The SMILES string of the molecule is CN=C(NCc1ccc(-n2ccnc2C)nc1)N1CCC(CSc2ccccc2)C1.I. The molecule has 0 amide bonds. The molecule has 1 atom stereocenters. The van der Waals surface area contributed by atoms with Gasteiger partial charge in [-0.1, -0.05) is 24.3 Å². The Kier molecular flexibility index (Phi) is 8.77. The minimum absolute atomic E-state index is 0. The lowest BCUT2D eigenvalue weighted by molar-refractivity contribution is 0.474. The first-order chi connectivity index (χ1) is 14.7. The second-order valence-electron chi connectivity index (χ2n) is 7.49. The van der Waals surface area contributed by atoms with Crippen molar-refractivity contribution < 1.29 is 0 Å². The Morgan fingerprint density at radius 1 is 1.19 bits per heavy atom. The highest BCUT2D eigenvalue weighted by atomic mass is 127. The van der Waals surface area contributed by atoms with Gasteiger partial charge < -0.3 is 10.2 Å². The van der Waals surface area contributed by atoms with E-state index in [0.29, 0.717) is 12.5 Å². The predicted octanol–water partition coefficient (Wildman–Crippen LogP) is 4.38. The van der Waals surface area contributed by atoms with Crippen LogP contribution < -0.4 is 5.32 Å². The van der Waals surface area contributed by atoms with Crippen molar-refractivity contribution in [2.24, 2.45) is 10.9 Å². The van der Waals surface area contributed by atoms with E-state index in [1.165, 1.54) is 11.3 Å². The molecule has 6 nitrogen and oxygen atoms in total. The average molecular weight is 548 g/mol. The van der Waals surface area contributed by atoms with E-state index in [2.05, 4.69) is 61.6 Å². The highest BCUT2D eigenvalue weighted by Crippen LogP contribution is 2.25. The van der Waals surface area contributed by atoms with Crippen LogP contribution in [-0.2, 0) is 6.54 Å². The fourth-order valence-electron chi connectivity index (χ4n) is 3.69. The lowest BCUT2D eigenvalue weighted by Gasteiger charge is -2.21. The highest BCUT2D eigenvalue weighted by Gasteiger charge is 2.24. The zero-order valence-corrected chi connectivity index (χ0v) is 21.1. The molecule has 1 unspecified atom stereocenters. The first-order valence-electron chi connectivity index (χ1n) is 10.3. The van der Waals surface area contributed by atoms with E-state index in [-0.39, 0.29) is 24.0 Å². The normalized spacial score (nSPS) is 16.3. The van der Waals surface area contributed by atoms with Crippen LogP contribution in [0, 0.1) is 12.8 Å². The Morgan fingerprint density at radius 3 is 2.71 bits per heavy atom. The second-order valence-corrected chi connectivity index (χ2v) is 8.59. The third-order valence-electron chi connectivity index (χ3n) is 5.36. The van der Waals surface area contributed by atoms with E-state index in [4.69, 9.17) is 0 Å². The molecule has 0 aliphatic carbocycles. The van der Waals surface area contributed by atoms with E-state index in [1.807, 2.05) is 48.8 Å². The summed E-state index contributed by atoms with van der Waals surface area (Å²) in [5.41, 5.74) is 1.13. The summed E-state index contributed by atoms with van der Waals surface area (Å²) < 4.78 is 1.98. The van der Waals surface area contributed by atoms with Crippen molar-refractivity contribution in [3.63, 3.8) is 0 Å². The summed E-state index contributed by atoms with van der Waals surface area (Å²) in [5.74, 6) is 4.63. The highest BCUT2D eigenvalue weighted by molar-refractivity contribution is 14.0. The van der Waals surface area contributed by atoms with Crippen LogP contribution in [0.15, 0.2) is 70.9 Å². The van der Waals surface area contributed by atoms with Crippen molar-refractivity contribution in [1.29, 1.82) is 0 Å². The molecule has 0 radical (unpaired) electrons. The molecule has 31 heavy (non-hydrogen) atoms. The van der Waals surface area contributed by atoms with Crippen LogP contribution in [0.3, 0.4) is 0 Å². The smallest absolute Gasteiger partial charge is 0.193 e. The van der Waals surface area contributed by atoms with Gasteiger partial charge in [-0.25, -0.2) is 9.97 Å². The van der Waals surface area contributed by atoms with Crippen LogP contribution in [0.2, 0.25) is 0 Å². The number of guanidine groups is 1. The molecule has 164 valence electrons. The summed E-state index contributed by atoms with van der Waals surface area (Å²) in [6.45, 7) is 4.79. The van der Waals surface area contributed by atoms with Crippen LogP contribution in [0.5, 0.6) is 0 Å². The zero-order valence-electron chi connectivity index (χ0n) is 17.9. The maximum atomic E-state index is 4.58. The molecule has 2 aromatic heterocycles. The van der Waals surface area contributed by atoms with Gasteiger partial charge in [0, 0.05) is 55.9 Å². The van der Waals surface area contributed by atoms with E-state index in [9.17, 15) is 0 Å². The van der Waals surface area contributed by atoms with E-state index in [0.717, 1.165) is 42.0 Å². The fourth-order valence-corrected chi connectivity index (χ4v) is 4.74. The monoisotopic (exact) mass is 548 g/mol. The third kappa shape index (κ3) is 6.22. The second kappa shape index (κ2) is 11.5. The van der Waals surface area contributed by atoms with Gasteiger partial charge in [-0.05, 0) is 43.0 Å². The van der Waals surface area contributed by atoms with Gasteiger partial charge in [0.05, 0.1) is 0 Å². The molecule has 0 saturated carbocycles. The predicted molar refractivity (Wildman–Crippen MR) is 139 cm³/mol. The first kappa shape index (κ1) is 23.6. The number of rotatable bonds is 6. The first-order valence-corrected chi connectivity index (χ1v) is 11.3. The lowest BCUT2D eigenvalue weighted by Crippen LogP contribution is -2.39. The summed E-state index contributed by atoms with van der Waals surface area (Å²) >= 11 is 1.95. The molecule has 1 aliphatic heterocycles. The molecule has 1 aliphatic rings. The van der Waals surface area contributed by atoms with Gasteiger partial charge in [-0.2, -0.15) is 0 Å². The number of aliphatic imine (C=N–C) groups is 1. The number of pyridine rings is 1. The molecule has 1 saturated heterocycles. The number of thioether (sulfide) groups is 1. The van der Waals surface area contributed by atoms with Gasteiger partial charge in [0.15, 0.2) is 5.96 Å². The summed E-state index contributed by atoms with van der Waals surface area (Å²) in [6, 6.07) is 14.8. The number of likely N-dealkylation sites (tertiary alicyclic amines) is 1. The Morgan fingerprint density at radius 2 is 2.03 bits per heavy atom. The Bertz CT molecular complexity index is 973. The number of hydrogen-bond acceptors (Lipinski definition) is 4. The van der Waals surface area contributed by atoms with Crippen LogP contribution in [0.1, 0.15) is 17.8 Å². The molecular formula is C23H29IN6S. The number of benzene rings is 1. The van der Waals surface area contributed by atoms with Crippen molar-refractivity contribution in [3.05, 3.63) is 72.4 Å².